The van der Waals surface area contributed by atoms with Crippen LogP contribution >= 0.6 is 0 Å². The summed E-state index contributed by atoms with van der Waals surface area (Å²) < 4.78 is 48.7. The van der Waals surface area contributed by atoms with Crippen LogP contribution in [0.4, 0.5) is 13.2 Å². The first kappa shape index (κ1) is 28.7. The Morgan fingerprint density at radius 2 is 1.93 bits per heavy atom. The van der Waals surface area contributed by atoms with Crippen LogP contribution in [0, 0.1) is 11.3 Å². The third kappa shape index (κ3) is 5.64. The fourth-order valence-electron chi connectivity index (χ4n) is 6.70. The Labute approximate surface area is 252 Å². The molecule has 0 unspecified atom stereocenters. The molecule has 2 N–H and O–H groups in total. The maximum atomic E-state index is 13.6. The average Bonchev–Trinajstić information content (AvgIpc) is 3.64. The number of hydrogen-bond donors (Lipinski definition) is 2. The number of nitrogens with zero attached hydrogens (tertiary/aromatic N) is 7. The molecule has 2 saturated carbocycles. The largest absolute Gasteiger partial charge is 0.474 e. The van der Waals surface area contributed by atoms with Crippen LogP contribution in [0.3, 0.4) is 0 Å². The average molecular weight is 606 g/mol. The van der Waals surface area contributed by atoms with E-state index in [9.17, 15) is 18.4 Å². The Morgan fingerprint density at radius 3 is 2.66 bits per heavy atom. The van der Waals surface area contributed by atoms with Crippen molar-refractivity contribution < 1.29 is 17.9 Å². The number of halogens is 3. The molecule has 4 aromatic heterocycles. The first-order valence-corrected chi connectivity index (χ1v) is 15.2. The van der Waals surface area contributed by atoms with Crippen molar-refractivity contribution in [1.82, 2.24) is 39.9 Å². The zero-order valence-electron chi connectivity index (χ0n) is 24.2. The maximum absolute atomic E-state index is 13.6. The van der Waals surface area contributed by atoms with Gasteiger partial charge in [-0.2, -0.15) is 23.5 Å². The van der Waals surface area contributed by atoms with Gasteiger partial charge in [0.05, 0.1) is 24.4 Å². The molecule has 0 amide bonds. The van der Waals surface area contributed by atoms with Gasteiger partial charge in [0.25, 0.3) is 0 Å². The molecule has 2 aliphatic carbocycles. The molecule has 230 valence electrons. The van der Waals surface area contributed by atoms with Crippen LogP contribution in [0.25, 0.3) is 22.3 Å². The van der Waals surface area contributed by atoms with Crippen LogP contribution in [0.2, 0.25) is 0 Å². The zero-order valence-corrected chi connectivity index (χ0v) is 24.2. The van der Waals surface area contributed by atoms with Crippen LogP contribution in [0.1, 0.15) is 62.6 Å². The minimum absolute atomic E-state index is 0.0424. The molecule has 0 bridgehead atoms. The summed E-state index contributed by atoms with van der Waals surface area (Å²) in [6.07, 6.45) is 9.17. The van der Waals surface area contributed by atoms with E-state index >= 15 is 0 Å². The van der Waals surface area contributed by atoms with Crippen molar-refractivity contribution in [1.29, 1.82) is 5.26 Å². The molecule has 4 aromatic rings. The number of H-pyrrole nitrogens is 1. The van der Waals surface area contributed by atoms with E-state index in [-0.39, 0.29) is 12.0 Å². The lowest BCUT2D eigenvalue weighted by Crippen LogP contribution is -2.65. The molecular formula is C31H34F3N9O. The lowest BCUT2D eigenvalue weighted by molar-refractivity contribution is -0.141. The number of aromatic nitrogens is 6. The van der Waals surface area contributed by atoms with E-state index in [4.69, 9.17) is 4.74 Å². The molecule has 0 aromatic carbocycles. The van der Waals surface area contributed by atoms with Gasteiger partial charge >= 0.3 is 6.18 Å². The van der Waals surface area contributed by atoms with Gasteiger partial charge in [0.15, 0.2) is 0 Å². The van der Waals surface area contributed by atoms with Crippen LogP contribution < -0.4 is 10.1 Å². The molecule has 13 heteroatoms. The van der Waals surface area contributed by atoms with Gasteiger partial charge < -0.3 is 15.0 Å². The second kappa shape index (κ2) is 11.5. The molecule has 0 atom stereocenters. The molecule has 3 aliphatic rings. The van der Waals surface area contributed by atoms with Gasteiger partial charge in [-0.15, -0.1) is 0 Å². The van der Waals surface area contributed by atoms with Gasteiger partial charge in [0.2, 0.25) is 5.88 Å². The summed E-state index contributed by atoms with van der Waals surface area (Å²) in [5, 5.41) is 18.6. The lowest BCUT2D eigenvalue weighted by atomic mass is 9.82. The van der Waals surface area contributed by atoms with E-state index in [2.05, 4.69) is 41.3 Å². The van der Waals surface area contributed by atoms with Crippen LogP contribution in [-0.4, -0.2) is 65.9 Å². The van der Waals surface area contributed by atoms with E-state index < -0.39 is 17.4 Å². The standard InChI is InChI=1S/C31H34F3N9O/c32-31(33,34)26-12-20(14-37-22-2-1-3-22)13-27(41-26)44-24-6-4-23(5-7-24)42-17-30(18-42,9-10-35)43-16-21(15-40-43)28-25-8-11-36-29(25)39-19-38-28/h8,11-13,15-16,19,22-24,37H,1-7,9,14,17-18H2,(H,36,38,39)/t23-,24+. The summed E-state index contributed by atoms with van der Waals surface area (Å²) in [4.78, 5) is 18.0. The number of hydrogen-bond acceptors (Lipinski definition) is 8. The van der Waals surface area contributed by atoms with Crippen molar-refractivity contribution in [3.8, 4) is 23.2 Å². The highest BCUT2D eigenvalue weighted by molar-refractivity contribution is 5.90. The number of alkyl halides is 3. The highest BCUT2D eigenvalue weighted by atomic mass is 19.4. The molecule has 1 aliphatic heterocycles. The Morgan fingerprint density at radius 1 is 1.11 bits per heavy atom. The highest BCUT2D eigenvalue weighted by Crippen LogP contribution is 2.39. The molecule has 0 radical (unpaired) electrons. The van der Waals surface area contributed by atoms with Crippen molar-refractivity contribution in [3.63, 3.8) is 0 Å². The summed E-state index contributed by atoms with van der Waals surface area (Å²) in [6, 6.07) is 7.73. The maximum Gasteiger partial charge on any atom is 0.433 e. The van der Waals surface area contributed by atoms with Crippen molar-refractivity contribution in [3.05, 3.63) is 54.4 Å². The fourth-order valence-corrected chi connectivity index (χ4v) is 6.70. The van der Waals surface area contributed by atoms with Crippen LogP contribution in [0.5, 0.6) is 5.88 Å². The molecule has 1 saturated heterocycles. The molecule has 44 heavy (non-hydrogen) atoms. The fraction of sp³-hybridized carbons (Fsp3) is 0.516. The van der Waals surface area contributed by atoms with Crippen LogP contribution in [-0.2, 0) is 18.3 Å². The van der Waals surface area contributed by atoms with E-state index in [1.165, 1.54) is 6.33 Å². The normalized spacial score (nSPS) is 22.3. The van der Waals surface area contributed by atoms with E-state index in [1.807, 2.05) is 23.1 Å². The number of nitriles is 1. The highest BCUT2D eigenvalue weighted by Gasteiger charge is 2.48. The summed E-state index contributed by atoms with van der Waals surface area (Å²) >= 11 is 0. The van der Waals surface area contributed by atoms with Crippen LogP contribution in [0.15, 0.2) is 43.1 Å². The summed E-state index contributed by atoms with van der Waals surface area (Å²) in [5.41, 5.74) is 1.63. The molecule has 7 rings (SSSR count). The van der Waals surface area contributed by atoms with E-state index in [1.54, 1.807) is 12.3 Å². The molecule has 5 heterocycles. The number of pyridine rings is 1. The summed E-state index contributed by atoms with van der Waals surface area (Å²) in [5.74, 6) is 0.0424. The minimum atomic E-state index is -4.53. The zero-order chi connectivity index (χ0) is 30.3. The van der Waals surface area contributed by atoms with Crippen molar-refractivity contribution in [2.24, 2.45) is 0 Å². The molecule has 10 nitrogen and oxygen atoms in total. The van der Waals surface area contributed by atoms with Gasteiger partial charge in [0.1, 0.15) is 29.3 Å². The quantitative estimate of drug-likeness (QED) is 0.268. The number of nitrogens with one attached hydrogen (secondary N) is 2. The molecule has 3 fully saturated rings. The monoisotopic (exact) mass is 605 g/mol. The minimum Gasteiger partial charge on any atom is -0.474 e. The SMILES string of the molecule is N#CCC1(n2cc(-c3ncnc4[nH]ccc34)cn2)CN([C@H]2CC[C@@H](Oc3cc(CNC4CCC4)cc(C(F)(F)F)n3)CC2)C1. The summed E-state index contributed by atoms with van der Waals surface area (Å²) in [7, 11) is 0. The van der Waals surface area contributed by atoms with Gasteiger partial charge in [-0.3, -0.25) is 9.58 Å². The van der Waals surface area contributed by atoms with E-state index in [0.29, 0.717) is 43.7 Å². The van der Waals surface area contributed by atoms with Gasteiger partial charge in [-0.25, -0.2) is 15.0 Å². The number of likely N-dealkylation sites (tertiary alicyclic amines) is 1. The topological polar surface area (TPSA) is 121 Å². The first-order chi connectivity index (χ1) is 21.3. The van der Waals surface area contributed by atoms with Crippen molar-refractivity contribution in [2.75, 3.05) is 13.1 Å². The number of rotatable bonds is 9. The Bertz CT molecular complexity index is 1660. The Hall–Kier alpha value is -4.02. The summed E-state index contributed by atoms with van der Waals surface area (Å²) in [6.45, 7) is 1.77. The Kier molecular flexibility index (Phi) is 7.50. The van der Waals surface area contributed by atoms with Gasteiger partial charge in [-0.05, 0) is 56.2 Å². The predicted molar refractivity (Wildman–Crippen MR) is 155 cm³/mol. The Balaban J connectivity index is 0.975. The smallest absolute Gasteiger partial charge is 0.433 e. The van der Waals surface area contributed by atoms with E-state index in [0.717, 1.165) is 73.3 Å². The first-order valence-electron chi connectivity index (χ1n) is 15.2. The second-order valence-corrected chi connectivity index (χ2v) is 12.4. The number of ether oxygens (including phenoxy) is 1. The number of fused-ring (bicyclic) bond motifs is 1. The second-order valence-electron chi connectivity index (χ2n) is 12.4. The van der Waals surface area contributed by atoms with Gasteiger partial charge in [-0.1, -0.05) is 6.42 Å². The molecular weight excluding hydrogens is 571 g/mol. The van der Waals surface area contributed by atoms with Crippen molar-refractivity contribution in [2.45, 2.75) is 87.8 Å². The number of aromatic amines is 1. The third-order valence-corrected chi connectivity index (χ3v) is 9.40. The van der Waals surface area contributed by atoms with Crippen molar-refractivity contribution >= 4 is 11.0 Å². The third-order valence-electron chi connectivity index (χ3n) is 9.40. The predicted octanol–water partition coefficient (Wildman–Crippen LogP) is 5.19. The molecule has 0 spiro atoms. The van der Waals surface area contributed by atoms with Gasteiger partial charge in [0, 0.05) is 61.1 Å². The lowest BCUT2D eigenvalue weighted by Gasteiger charge is -2.53.